The van der Waals surface area contributed by atoms with Gasteiger partial charge in [0.1, 0.15) is 0 Å². The first kappa shape index (κ1) is 12.2. The Bertz CT molecular complexity index is 600. The molecule has 94 valence electrons. The molecule has 1 aromatic carbocycles. The van der Waals surface area contributed by atoms with Gasteiger partial charge in [-0.05, 0) is 19.1 Å². The minimum absolute atomic E-state index is 0.225. The van der Waals surface area contributed by atoms with Gasteiger partial charge < -0.3 is 15.0 Å². The molecule has 0 aliphatic heterocycles. The van der Waals surface area contributed by atoms with Gasteiger partial charge in [0.05, 0.1) is 6.54 Å². The maximum Gasteiger partial charge on any atom is 0.223 e. The topological polar surface area (TPSA) is 54.3 Å². The lowest BCUT2D eigenvalue weighted by Crippen LogP contribution is -2.12. The van der Waals surface area contributed by atoms with Crippen molar-refractivity contribution in [2.24, 2.45) is 7.05 Å². The Kier molecular flexibility index (Phi) is 3.37. The Morgan fingerprint density at radius 3 is 2.61 bits per heavy atom. The molecule has 0 saturated heterocycles. The van der Waals surface area contributed by atoms with Crippen molar-refractivity contribution < 1.29 is 5.11 Å². The van der Waals surface area contributed by atoms with E-state index in [1.807, 2.05) is 31.2 Å². The number of pyridine rings is 1. The van der Waals surface area contributed by atoms with Gasteiger partial charge in [-0.25, -0.2) is 0 Å². The number of nitrogens with zero attached hydrogens (tertiary/aromatic N) is 1. The maximum absolute atomic E-state index is 11.4. The number of hydrogen-bond donors (Lipinski definition) is 2. The monoisotopic (exact) mass is 244 g/mol. The average molecular weight is 244 g/mol. The van der Waals surface area contributed by atoms with Crippen LogP contribution in [0.3, 0.4) is 0 Å². The molecule has 0 fully saturated rings. The molecule has 0 saturated carbocycles. The highest BCUT2D eigenvalue weighted by Gasteiger charge is 2.02. The Morgan fingerprint density at radius 1 is 1.28 bits per heavy atom. The summed E-state index contributed by atoms with van der Waals surface area (Å²) < 4.78 is 1.73. The van der Waals surface area contributed by atoms with Gasteiger partial charge in [-0.1, -0.05) is 17.7 Å². The van der Waals surface area contributed by atoms with E-state index in [4.69, 9.17) is 0 Å². The summed E-state index contributed by atoms with van der Waals surface area (Å²) in [7, 11) is 1.80. The molecule has 0 unspecified atom stereocenters. The van der Waals surface area contributed by atoms with Crippen molar-refractivity contribution in [3.05, 3.63) is 58.0 Å². The lowest BCUT2D eigenvalue weighted by Gasteiger charge is -2.11. The second-order valence-electron chi connectivity index (χ2n) is 4.34. The van der Waals surface area contributed by atoms with E-state index in [9.17, 15) is 9.90 Å². The van der Waals surface area contributed by atoms with E-state index in [-0.39, 0.29) is 11.2 Å². The van der Waals surface area contributed by atoms with E-state index < -0.39 is 0 Å². The summed E-state index contributed by atoms with van der Waals surface area (Å²) in [5, 5.41) is 12.5. The van der Waals surface area contributed by atoms with Gasteiger partial charge in [-0.2, -0.15) is 0 Å². The van der Waals surface area contributed by atoms with Crippen molar-refractivity contribution in [2.45, 2.75) is 13.5 Å². The third-order valence-electron chi connectivity index (χ3n) is 2.84. The zero-order valence-corrected chi connectivity index (χ0v) is 10.5. The van der Waals surface area contributed by atoms with Crippen molar-refractivity contribution >= 4 is 5.69 Å². The van der Waals surface area contributed by atoms with Crippen LogP contribution in [0.4, 0.5) is 5.69 Å². The number of rotatable bonds is 3. The second-order valence-corrected chi connectivity index (χ2v) is 4.34. The lowest BCUT2D eigenvalue weighted by atomic mass is 10.2. The van der Waals surface area contributed by atoms with Gasteiger partial charge in [0.2, 0.25) is 5.43 Å². The highest BCUT2D eigenvalue weighted by molar-refractivity contribution is 5.44. The van der Waals surface area contributed by atoms with Crippen LogP contribution in [0.25, 0.3) is 0 Å². The molecule has 0 aliphatic rings. The zero-order valence-electron chi connectivity index (χ0n) is 10.5. The quantitative estimate of drug-likeness (QED) is 0.868. The van der Waals surface area contributed by atoms with Crippen molar-refractivity contribution in [1.29, 1.82) is 0 Å². The predicted molar refractivity (Wildman–Crippen MR) is 71.9 cm³/mol. The fourth-order valence-corrected chi connectivity index (χ4v) is 1.70. The van der Waals surface area contributed by atoms with Gasteiger partial charge >= 0.3 is 0 Å². The van der Waals surface area contributed by atoms with Gasteiger partial charge in [0.15, 0.2) is 5.75 Å². The van der Waals surface area contributed by atoms with Gasteiger partial charge in [-0.3, -0.25) is 4.79 Å². The van der Waals surface area contributed by atoms with E-state index >= 15 is 0 Å². The van der Waals surface area contributed by atoms with Crippen LogP contribution < -0.4 is 10.7 Å². The summed E-state index contributed by atoms with van der Waals surface area (Å²) in [6.45, 7) is 2.57. The number of aromatic nitrogens is 1. The normalized spacial score (nSPS) is 10.3. The maximum atomic E-state index is 11.4. The molecule has 4 nitrogen and oxygen atoms in total. The van der Waals surface area contributed by atoms with E-state index in [0.717, 1.165) is 11.4 Å². The number of anilines is 1. The SMILES string of the molecule is Cc1ccc(NCc2cc(=O)c(O)cn2C)cc1. The van der Waals surface area contributed by atoms with E-state index in [1.54, 1.807) is 11.6 Å². The first-order valence-electron chi connectivity index (χ1n) is 5.75. The second kappa shape index (κ2) is 4.96. The van der Waals surface area contributed by atoms with Crippen molar-refractivity contribution in [1.82, 2.24) is 4.57 Å². The molecule has 0 radical (unpaired) electrons. The highest BCUT2D eigenvalue weighted by atomic mass is 16.3. The molecule has 0 atom stereocenters. The van der Waals surface area contributed by atoms with Crippen LogP contribution >= 0.6 is 0 Å². The summed E-state index contributed by atoms with van der Waals surface area (Å²) in [6, 6.07) is 9.48. The van der Waals surface area contributed by atoms with Crippen LogP contribution in [0.2, 0.25) is 0 Å². The summed E-state index contributed by atoms with van der Waals surface area (Å²) in [5.41, 5.74) is 2.67. The number of aromatic hydroxyl groups is 1. The first-order valence-corrected chi connectivity index (χ1v) is 5.75. The van der Waals surface area contributed by atoms with E-state index in [0.29, 0.717) is 6.54 Å². The minimum atomic E-state index is -0.353. The van der Waals surface area contributed by atoms with Crippen LogP contribution in [0.1, 0.15) is 11.3 Å². The average Bonchev–Trinajstić information content (AvgIpc) is 2.34. The van der Waals surface area contributed by atoms with Crippen molar-refractivity contribution in [2.75, 3.05) is 5.32 Å². The summed E-state index contributed by atoms with van der Waals surface area (Å²) >= 11 is 0. The molecule has 0 aliphatic carbocycles. The fraction of sp³-hybridized carbons (Fsp3) is 0.214. The smallest absolute Gasteiger partial charge is 0.223 e. The molecule has 0 bridgehead atoms. The van der Waals surface area contributed by atoms with Crippen LogP contribution in [0, 0.1) is 6.92 Å². The highest BCUT2D eigenvalue weighted by Crippen LogP contribution is 2.10. The molecule has 2 aromatic rings. The van der Waals surface area contributed by atoms with Crippen molar-refractivity contribution in [3.63, 3.8) is 0 Å². The van der Waals surface area contributed by atoms with Gasteiger partial charge in [-0.15, -0.1) is 0 Å². The van der Waals surface area contributed by atoms with E-state index in [2.05, 4.69) is 5.32 Å². The van der Waals surface area contributed by atoms with Crippen LogP contribution in [-0.4, -0.2) is 9.67 Å². The van der Waals surface area contributed by atoms with Crippen LogP contribution in [0.15, 0.2) is 41.3 Å². The number of benzene rings is 1. The van der Waals surface area contributed by atoms with Gasteiger partial charge in [0.25, 0.3) is 0 Å². The van der Waals surface area contributed by atoms with Crippen molar-refractivity contribution in [3.8, 4) is 5.75 Å². The number of hydrogen-bond acceptors (Lipinski definition) is 3. The molecule has 1 heterocycles. The molecule has 4 heteroatoms. The standard InChI is InChI=1S/C14H16N2O2/c1-10-3-5-11(6-4-10)15-8-12-7-13(17)14(18)9-16(12)2/h3-7,9,15,18H,8H2,1-2H3. The van der Waals surface area contributed by atoms with E-state index in [1.165, 1.54) is 17.8 Å². The summed E-state index contributed by atoms with van der Waals surface area (Å²) in [6.07, 6.45) is 1.43. The molecular weight excluding hydrogens is 228 g/mol. The Labute approximate surface area is 106 Å². The molecule has 18 heavy (non-hydrogen) atoms. The first-order chi connectivity index (χ1) is 8.56. The number of aryl methyl sites for hydroxylation is 2. The lowest BCUT2D eigenvalue weighted by molar-refractivity contribution is 0.462. The predicted octanol–water partition coefficient (Wildman–Crippen LogP) is 2.01. The summed E-state index contributed by atoms with van der Waals surface area (Å²) in [4.78, 5) is 11.4. The van der Waals surface area contributed by atoms with Gasteiger partial charge in [0, 0.05) is 30.7 Å². The Hall–Kier alpha value is -2.23. The molecule has 0 spiro atoms. The largest absolute Gasteiger partial charge is 0.503 e. The molecule has 1 aromatic heterocycles. The number of nitrogens with one attached hydrogen (secondary N) is 1. The van der Waals surface area contributed by atoms with Crippen LogP contribution in [0.5, 0.6) is 5.75 Å². The zero-order chi connectivity index (χ0) is 13.1. The third-order valence-corrected chi connectivity index (χ3v) is 2.84. The summed E-state index contributed by atoms with van der Waals surface area (Å²) in [5.74, 6) is -0.225. The Morgan fingerprint density at radius 2 is 1.94 bits per heavy atom. The molecule has 2 rings (SSSR count). The van der Waals surface area contributed by atoms with Crippen LogP contribution in [-0.2, 0) is 13.6 Å². The molecular formula is C14H16N2O2. The third kappa shape index (κ3) is 2.71. The fourth-order valence-electron chi connectivity index (χ4n) is 1.70. The Balaban J connectivity index is 2.13. The molecule has 2 N–H and O–H groups in total. The minimum Gasteiger partial charge on any atom is -0.503 e. The molecule has 0 amide bonds.